The molecule has 3 heterocycles. The number of nitrogens with zero attached hydrogens (tertiary/aromatic N) is 4. The average Bonchev–Trinajstić information content (AvgIpc) is 3.22. The van der Waals surface area contributed by atoms with Gasteiger partial charge in [0.15, 0.2) is 0 Å². The number of fused-ring (bicyclic) bond motifs is 1. The zero-order valence-electron chi connectivity index (χ0n) is 18.0. The van der Waals surface area contributed by atoms with Crippen molar-refractivity contribution in [2.24, 2.45) is 0 Å². The largest absolute Gasteiger partial charge is 0.350 e. The van der Waals surface area contributed by atoms with Crippen molar-refractivity contribution in [2.75, 3.05) is 5.32 Å². The van der Waals surface area contributed by atoms with Gasteiger partial charge in [-0.1, -0.05) is 30.7 Å². The lowest BCUT2D eigenvalue weighted by atomic mass is 10.1. The van der Waals surface area contributed by atoms with Gasteiger partial charge in [0, 0.05) is 29.5 Å². The summed E-state index contributed by atoms with van der Waals surface area (Å²) in [4.78, 5) is 14.0. The third-order valence-corrected chi connectivity index (χ3v) is 5.69. The molecule has 0 aliphatic carbocycles. The second kappa shape index (κ2) is 9.00. The van der Waals surface area contributed by atoms with Crippen molar-refractivity contribution in [1.82, 2.24) is 19.4 Å². The molecule has 0 saturated carbocycles. The zero-order valence-corrected chi connectivity index (χ0v) is 18.7. The summed E-state index contributed by atoms with van der Waals surface area (Å²) in [6.45, 7) is 2.65. The van der Waals surface area contributed by atoms with E-state index >= 15 is 0 Å². The lowest BCUT2D eigenvalue weighted by Gasteiger charge is -2.09. The molecule has 0 radical (unpaired) electrons. The Morgan fingerprint density at radius 2 is 1.82 bits per heavy atom. The van der Waals surface area contributed by atoms with Crippen LogP contribution < -0.4 is 5.32 Å². The Morgan fingerprint density at radius 1 is 0.970 bits per heavy atom. The SMILES string of the molecule is CCc1ccn2c(-c3ccnc(NCc4cccc(Cl)c4)n3)c(-c3ccc(F)cc3)nc2c1. The van der Waals surface area contributed by atoms with Crippen LogP contribution in [0.1, 0.15) is 18.1 Å². The Morgan fingerprint density at radius 3 is 2.61 bits per heavy atom. The first-order chi connectivity index (χ1) is 16.1. The number of nitrogens with one attached hydrogen (secondary N) is 1. The highest BCUT2D eigenvalue weighted by atomic mass is 35.5. The molecule has 7 heteroatoms. The fraction of sp³-hybridized carbons (Fsp3) is 0.115. The summed E-state index contributed by atoms with van der Waals surface area (Å²) in [5.41, 5.74) is 6.14. The van der Waals surface area contributed by atoms with Crippen LogP contribution in [0.5, 0.6) is 0 Å². The monoisotopic (exact) mass is 457 g/mol. The summed E-state index contributed by atoms with van der Waals surface area (Å²) >= 11 is 6.09. The van der Waals surface area contributed by atoms with E-state index in [2.05, 4.69) is 29.4 Å². The molecular formula is C26H21ClFN5. The molecule has 5 nitrogen and oxygen atoms in total. The van der Waals surface area contributed by atoms with E-state index in [1.807, 2.05) is 40.9 Å². The summed E-state index contributed by atoms with van der Waals surface area (Å²) < 4.78 is 15.6. The Kier molecular flexibility index (Phi) is 5.75. The molecule has 2 aromatic carbocycles. The minimum Gasteiger partial charge on any atom is -0.350 e. The maximum absolute atomic E-state index is 13.6. The minimum absolute atomic E-state index is 0.285. The quantitative estimate of drug-likeness (QED) is 0.319. The lowest BCUT2D eigenvalue weighted by Crippen LogP contribution is -2.04. The van der Waals surface area contributed by atoms with Gasteiger partial charge in [0.05, 0.1) is 17.1 Å². The van der Waals surface area contributed by atoms with Crippen LogP contribution in [0, 0.1) is 5.82 Å². The highest BCUT2D eigenvalue weighted by Gasteiger charge is 2.18. The maximum atomic E-state index is 13.6. The number of aryl methyl sites for hydroxylation is 1. The van der Waals surface area contributed by atoms with E-state index in [9.17, 15) is 4.39 Å². The van der Waals surface area contributed by atoms with E-state index in [1.165, 1.54) is 17.7 Å². The number of rotatable bonds is 6. The number of imidazole rings is 1. The number of hydrogen-bond donors (Lipinski definition) is 1. The molecule has 0 aliphatic rings. The van der Waals surface area contributed by atoms with Crippen molar-refractivity contribution in [3.8, 4) is 22.6 Å². The third kappa shape index (κ3) is 4.43. The Labute approximate surface area is 195 Å². The number of aromatic nitrogens is 4. The smallest absolute Gasteiger partial charge is 0.223 e. The van der Waals surface area contributed by atoms with E-state index < -0.39 is 0 Å². The van der Waals surface area contributed by atoms with Crippen LogP contribution in [-0.2, 0) is 13.0 Å². The van der Waals surface area contributed by atoms with Crippen LogP contribution in [0.25, 0.3) is 28.3 Å². The van der Waals surface area contributed by atoms with Crippen molar-refractivity contribution in [1.29, 1.82) is 0 Å². The minimum atomic E-state index is -0.285. The van der Waals surface area contributed by atoms with Crippen molar-refractivity contribution in [3.63, 3.8) is 0 Å². The fourth-order valence-electron chi connectivity index (χ4n) is 3.76. The van der Waals surface area contributed by atoms with Gasteiger partial charge in [-0.3, -0.25) is 4.40 Å². The molecule has 164 valence electrons. The van der Waals surface area contributed by atoms with Crippen molar-refractivity contribution in [3.05, 3.63) is 101 Å². The van der Waals surface area contributed by atoms with E-state index in [1.54, 1.807) is 18.3 Å². The van der Waals surface area contributed by atoms with Gasteiger partial charge in [0.2, 0.25) is 5.95 Å². The van der Waals surface area contributed by atoms with Gasteiger partial charge in [0.1, 0.15) is 11.5 Å². The first-order valence-corrected chi connectivity index (χ1v) is 11.1. The molecule has 5 aromatic rings. The first-order valence-electron chi connectivity index (χ1n) is 10.7. The van der Waals surface area contributed by atoms with E-state index in [4.69, 9.17) is 21.6 Å². The Hall–Kier alpha value is -3.77. The number of pyridine rings is 1. The van der Waals surface area contributed by atoms with Crippen LogP contribution in [-0.4, -0.2) is 19.4 Å². The van der Waals surface area contributed by atoms with Crippen LogP contribution >= 0.6 is 11.6 Å². The van der Waals surface area contributed by atoms with Gasteiger partial charge in [-0.2, -0.15) is 0 Å². The van der Waals surface area contributed by atoms with Gasteiger partial charge in [-0.05, 0) is 72.1 Å². The zero-order chi connectivity index (χ0) is 22.8. The second-order valence-electron chi connectivity index (χ2n) is 7.68. The van der Waals surface area contributed by atoms with E-state index in [0.717, 1.165) is 40.3 Å². The highest BCUT2D eigenvalue weighted by molar-refractivity contribution is 6.30. The molecule has 5 rings (SSSR count). The molecule has 0 bridgehead atoms. The fourth-order valence-corrected chi connectivity index (χ4v) is 3.98. The van der Waals surface area contributed by atoms with Crippen molar-refractivity contribution < 1.29 is 4.39 Å². The summed E-state index contributed by atoms with van der Waals surface area (Å²) in [5, 5.41) is 3.95. The molecule has 0 amide bonds. The normalized spacial score (nSPS) is 11.1. The molecule has 0 unspecified atom stereocenters. The topological polar surface area (TPSA) is 55.1 Å². The Balaban J connectivity index is 1.57. The highest BCUT2D eigenvalue weighted by Crippen LogP contribution is 2.32. The van der Waals surface area contributed by atoms with Crippen LogP contribution in [0.3, 0.4) is 0 Å². The number of halogens is 2. The molecule has 3 aromatic heterocycles. The Bertz CT molecular complexity index is 1430. The van der Waals surface area contributed by atoms with Gasteiger partial charge in [-0.25, -0.2) is 19.3 Å². The predicted molar refractivity (Wildman–Crippen MR) is 130 cm³/mol. The second-order valence-corrected chi connectivity index (χ2v) is 8.12. The van der Waals surface area contributed by atoms with Gasteiger partial charge >= 0.3 is 0 Å². The van der Waals surface area contributed by atoms with E-state index in [-0.39, 0.29) is 5.82 Å². The molecule has 0 spiro atoms. The summed E-state index contributed by atoms with van der Waals surface area (Å²) in [5.74, 6) is 0.213. The van der Waals surface area contributed by atoms with Crippen LogP contribution in [0.4, 0.5) is 10.3 Å². The summed E-state index contributed by atoms with van der Waals surface area (Å²) in [6.07, 6.45) is 4.64. The molecule has 0 fully saturated rings. The van der Waals surface area contributed by atoms with Crippen LogP contribution in [0.15, 0.2) is 79.1 Å². The number of anilines is 1. The van der Waals surface area contributed by atoms with Crippen molar-refractivity contribution in [2.45, 2.75) is 19.9 Å². The van der Waals surface area contributed by atoms with Crippen molar-refractivity contribution >= 4 is 23.2 Å². The van der Waals surface area contributed by atoms with Gasteiger partial charge < -0.3 is 5.32 Å². The molecule has 1 N–H and O–H groups in total. The molecule has 33 heavy (non-hydrogen) atoms. The van der Waals surface area contributed by atoms with Crippen LogP contribution in [0.2, 0.25) is 5.02 Å². The van der Waals surface area contributed by atoms with Gasteiger partial charge in [-0.15, -0.1) is 0 Å². The predicted octanol–water partition coefficient (Wildman–Crippen LogP) is 6.43. The standard InChI is InChI=1S/C26H21ClFN5/c1-2-17-11-13-33-23(15-17)32-24(19-6-8-21(28)9-7-19)25(33)22-10-12-29-26(31-22)30-16-18-4-3-5-20(27)14-18/h3-15H,2,16H2,1H3,(H,29,30,31). The molecule has 0 saturated heterocycles. The van der Waals surface area contributed by atoms with Gasteiger partial charge in [0.25, 0.3) is 0 Å². The molecule has 0 aliphatic heterocycles. The number of hydrogen-bond acceptors (Lipinski definition) is 4. The number of benzene rings is 2. The maximum Gasteiger partial charge on any atom is 0.223 e. The summed E-state index contributed by atoms with van der Waals surface area (Å²) in [6, 6.07) is 20.0. The molecular weight excluding hydrogens is 437 g/mol. The summed E-state index contributed by atoms with van der Waals surface area (Å²) in [7, 11) is 0. The first kappa shape index (κ1) is 21.1. The average molecular weight is 458 g/mol. The van der Waals surface area contributed by atoms with E-state index in [0.29, 0.717) is 17.5 Å². The molecule has 0 atom stereocenters. The third-order valence-electron chi connectivity index (χ3n) is 5.45. The lowest BCUT2D eigenvalue weighted by molar-refractivity contribution is 0.628.